The van der Waals surface area contributed by atoms with Gasteiger partial charge in [0.05, 0.1) is 6.04 Å². The molecule has 1 heterocycles. The van der Waals surface area contributed by atoms with Gasteiger partial charge in [-0.3, -0.25) is 19.4 Å². The van der Waals surface area contributed by atoms with Gasteiger partial charge >= 0.3 is 5.97 Å². The largest absolute Gasteiger partial charge is 0.480 e. The Morgan fingerprint density at radius 3 is 2.15 bits per heavy atom. The molecule has 7 nitrogen and oxygen atoms in total. The number of aliphatic carboxylic acids is 1. The Labute approximate surface area is 151 Å². The van der Waals surface area contributed by atoms with E-state index in [1.54, 1.807) is 55.7 Å². The highest BCUT2D eigenvalue weighted by molar-refractivity contribution is 6.04. The summed E-state index contributed by atoms with van der Waals surface area (Å²) >= 11 is 0. The van der Waals surface area contributed by atoms with Crippen LogP contribution in [0.25, 0.3) is 0 Å². The number of carbonyl (C=O) groups is 3. The molecule has 1 aromatic heterocycles. The molecule has 0 saturated heterocycles. The molecule has 0 aliphatic rings. The van der Waals surface area contributed by atoms with Crippen LogP contribution in [0.1, 0.15) is 42.7 Å². The Kier molecular flexibility index (Phi) is 5.71. The van der Waals surface area contributed by atoms with Gasteiger partial charge < -0.3 is 15.7 Å². The number of carboxylic acid groups (broad SMARTS) is 1. The average molecular weight is 355 g/mol. The molecule has 2 rings (SSSR count). The van der Waals surface area contributed by atoms with E-state index in [4.69, 9.17) is 5.11 Å². The second kappa shape index (κ2) is 7.77. The van der Waals surface area contributed by atoms with Crippen LogP contribution >= 0.6 is 0 Å². The molecule has 0 saturated carbocycles. The number of nitrogens with zero attached hydrogens (tertiary/aromatic N) is 1. The lowest BCUT2D eigenvalue weighted by Gasteiger charge is -2.22. The number of benzene rings is 1. The van der Waals surface area contributed by atoms with E-state index in [0.29, 0.717) is 11.3 Å². The average Bonchev–Trinajstić information content (AvgIpc) is 2.62. The van der Waals surface area contributed by atoms with Crippen LogP contribution < -0.4 is 10.6 Å². The molecule has 1 aromatic carbocycles. The Bertz CT molecular complexity index is 801. The minimum Gasteiger partial charge on any atom is -0.480 e. The molecule has 0 spiro atoms. The fourth-order valence-electron chi connectivity index (χ4n) is 2.12. The molecule has 26 heavy (non-hydrogen) atoms. The first-order valence-electron chi connectivity index (χ1n) is 8.07. The lowest BCUT2D eigenvalue weighted by atomic mass is 9.92. The van der Waals surface area contributed by atoms with E-state index in [-0.39, 0.29) is 11.9 Å². The van der Waals surface area contributed by atoms with E-state index < -0.39 is 17.3 Å². The van der Waals surface area contributed by atoms with Crippen molar-refractivity contribution in [1.82, 2.24) is 10.3 Å². The first-order valence-corrected chi connectivity index (χ1v) is 8.07. The summed E-state index contributed by atoms with van der Waals surface area (Å²) in [5.41, 5.74) is 0.397. The van der Waals surface area contributed by atoms with Crippen LogP contribution in [-0.4, -0.2) is 27.9 Å². The zero-order valence-electron chi connectivity index (χ0n) is 14.8. The number of nitrogens with one attached hydrogen (secondary N) is 2. The Morgan fingerprint density at radius 2 is 1.62 bits per heavy atom. The van der Waals surface area contributed by atoms with E-state index in [1.165, 1.54) is 13.8 Å². The molecule has 3 N–H and O–H groups in total. The van der Waals surface area contributed by atoms with Gasteiger partial charge in [0.1, 0.15) is 5.41 Å². The quantitative estimate of drug-likeness (QED) is 0.690. The molecule has 0 aliphatic heterocycles. The second-order valence-electron chi connectivity index (χ2n) is 6.44. The molecule has 0 fully saturated rings. The van der Waals surface area contributed by atoms with Crippen LogP contribution in [0.2, 0.25) is 0 Å². The summed E-state index contributed by atoms with van der Waals surface area (Å²) in [7, 11) is 0. The first kappa shape index (κ1) is 19.1. The van der Waals surface area contributed by atoms with Crippen molar-refractivity contribution < 1.29 is 19.5 Å². The Morgan fingerprint density at radius 1 is 1.04 bits per heavy atom. The van der Waals surface area contributed by atoms with Gasteiger partial charge in [0, 0.05) is 23.6 Å². The van der Waals surface area contributed by atoms with E-state index in [1.807, 2.05) is 0 Å². The molecule has 7 heteroatoms. The summed E-state index contributed by atoms with van der Waals surface area (Å²) in [6.45, 7) is 4.48. The van der Waals surface area contributed by atoms with Crippen molar-refractivity contribution in [3.05, 3.63) is 59.9 Å². The SMILES string of the molecule is CC(NC(=O)C(C)(C)C(=O)O)c1ccc(NC(=O)c2ccncc2)cc1. The number of amides is 2. The maximum absolute atomic E-state index is 12.1. The molecule has 0 aliphatic carbocycles. The van der Waals surface area contributed by atoms with E-state index >= 15 is 0 Å². The van der Waals surface area contributed by atoms with Gasteiger partial charge in [-0.15, -0.1) is 0 Å². The minimum atomic E-state index is -1.51. The monoisotopic (exact) mass is 355 g/mol. The highest BCUT2D eigenvalue weighted by Crippen LogP contribution is 2.20. The zero-order chi connectivity index (χ0) is 19.3. The van der Waals surface area contributed by atoms with Gasteiger partial charge in [0.2, 0.25) is 5.91 Å². The summed E-state index contributed by atoms with van der Waals surface area (Å²) in [6, 6.07) is 9.84. The molecular weight excluding hydrogens is 334 g/mol. The van der Waals surface area contributed by atoms with Gasteiger partial charge in [0.25, 0.3) is 5.91 Å². The fourth-order valence-corrected chi connectivity index (χ4v) is 2.12. The van der Waals surface area contributed by atoms with Gasteiger partial charge in [-0.05, 0) is 50.6 Å². The number of aromatic nitrogens is 1. The molecule has 0 bridgehead atoms. The van der Waals surface area contributed by atoms with Crippen LogP contribution in [0.4, 0.5) is 5.69 Å². The number of carbonyl (C=O) groups excluding carboxylic acids is 2. The van der Waals surface area contributed by atoms with Crippen LogP contribution in [0.15, 0.2) is 48.8 Å². The Balaban J connectivity index is 2.01. The van der Waals surface area contributed by atoms with Gasteiger partial charge in [-0.1, -0.05) is 12.1 Å². The third-order valence-electron chi connectivity index (χ3n) is 4.06. The van der Waals surface area contributed by atoms with Crippen molar-refractivity contribution in [3.63, 3.8) is 0 Å². The van der Waals surface area contributed by atoms with Crippen LogP contribution in [0, 0.1) is 5.41 Å². The number of anilines is 1. The molecular formula is C19H21N3O4. The van der Waals surface area contributed by atoms with Crippen molar-refractivity contribution in [3.8, 4) is 0 Å². The molecule has 2 aromatic rings. The van der Waals surface area contributed by atoms with Gasteiger partial charge in [-0.25, -0.2) is 0 Å². The van der Waals surface area contributed by atoms with Crippen molar-refractivity contribution in [2.75, 3.05) is 5.32 Å². The predicted molar refractivity (Wildman–Crippen MR) is 96.6 cm³/mol. The number of rotatable bonds is 6. The number of pyridine rings is 1. The molecule has 2 amide bonds. The van der Waals surface area contributed by atoms with Gasteiger partial charge in [-0.2, -0.15) is 0 Å². The molecule has 1 atom stereocenters. The topological polar surface area (TPSA) is 108 Å². The maximum Gasteiger partial charge on any atom is 0.318 e. The van der Waals surface area contributed by atoms with Crippen LogP contribution in [0.3, 0.4) is 0 Å². The van der Waals surface area contributed by atoms with E-state index in [9.17, 15) is 14.4 Å². The second-order valence-corrected chi connectivity index (χ2v) is 6.44. The van der Waals surface area contributed by atoms with Crippen molar-refractivity contribution >= 4 is 23.5 Å². The Hall–Kier alpha value is -3.22. The first-order chi connectivity index (χ1) is 12.2. The van der Waals surface area contributed by atoms with Crippen LogP contribution in [0.5, 0.6) is 0 Å². The highest BCUT2D eigenvalue weighted by Gasteiger charge is 2.36. The summed E-state index contributed by atoms with van der Waals surface area (Å²) < 4.78 is 0. The predicted octanol–water partition coefficient (Wildman–Crippen LogP) is 2.62. The maximum atomic E-state index is 12.1. The zero-order valence-corrected chi connectivity index (χ0v) is 14.8. The lowest BCUT2D eigenvalue weighted by molar-refractivity contribution is -0.153. The lowest BCUT2D eigenvalue weighted by Crippen LogP contribution is -2.43. The third kappa shape index (κ3) is 4.44. The van der Waals surface area contributed by atoms with E-state index in [0.717, 1.165) is 5.56 Å². The smallest absolute Gasteiger partial charge is 0.318 e. The van der Waals surface area contributed by atoms with Crippen molar-refractivity contribution in [1.29, 1.82) is 0 Å². The normalized spacial score (nSPS) is 12.1. The summed E-state index contributed by atoms with van der Waals surface area (Å²) in [4.78, 5) is 39.2. The minimum absolute atomic E-state index is 0.246. The molecule has 0 radical (unpaired) electrons. The van der Waals surface area contributed by atoms with Crippen molar-refractivity contribution in [2.45, 2.75) is 26.8 Å². The van der Waals surface area contributed by atoms with Crippen LogP contribution in [-0.2, 0) is 9.59 Å². The summed E-state index contributed by atoms with van der Waals surface area (Å²) in [5, 5.41) is 14.6. The molecule has 1 unspecified atom stereocenters. The number of hydrogen-bond donors (Lipinski definition) is 3. The highest BCUT2D eigenvalue weighted by atomic mass is 16.4. The number of hydrogen-bond acceptors (Lipinski definition) is 4. The summed E-state index contributed by atoms with van der Waals surface area (Å²) in [6.07, 6.45) is 3.09. The van der Waals surface area contributed by atoms with Gasteiger partial charge in [0.15, 0.2) is 0 Å². The fraction of sp³-hybridized carbons (Fsp3) is 0.263. The number of carboxylic acids is 1. The summed E-state index contributed by atoms with van der Waals surface area (Å²) in [5.74, 6) is -1.99. The van der Waals surface area contributed by atoms with E-state index in [2.05, 4.69) is 15.6 Å². The standard InChI is InChI=1S/C19H21N3O4/c1-12(21-17(24)19(2,3)18(25)26)13-4-6-15(7-5-13)22-16(23)14-8-10-20-11-9-14/h4-12H,1-3H3,(H,21,24)(H,22,23)(H,25,26). The van der Waals surface area contributed by atoms with Crippen molar-refractivity contribution in [2.24, 2.45) is 5.41 Å². The molecule has 136 valence electrons. The third-order valence-corrected chi connectivity index (χ3v) is 4.06.